The molecule has 1 unspecified atom stereocenters. The van der Waals surface area contributed by atoms with Gasteiger partial charge in [-0.05, 0) is 54.5 Å². The van der Waals surface area contributed by atoms with Gasteiger partial charge in [-0.3, -0.25) is 4.79 Å². The van der Waals surface area contributed by atoms with Crippen LogP contribution in [0.1, 0.15) is 18.1 Å². The summed E-state index contributed by atoms with van der Waals surface area (Å²) in [7, 11) is 0. The molecule has 0 aliphatic heterocycles. The zero-order valence-electron chi connectivity index (χ0n) is 17.6. The van der Waals surface area contributed by atoms with Gasteiger partial charge in [-0.2, -0.15) is 4.68 Å². The topological polar surface area (TPSA) is 72.7 Å². The van der Waals surface area contributed by atoms with E-state index in [1.54, 1.807) is 4.68 Å². The van der Waals surface area contributed by atoms with Gasteiger partial charge in [0.1, 0.15) is 0 Å². The third-order valence-corrected chi connectivity index (χ3v) is 5.98. The van der Waals surface area contributed by atoms with Crippen LogP contribution in [0, 0.1) is 13.8 Å². The summed E-state index contributed by atoms with van der Waals surface area (Å²) in [5.41, 5.74) is 5.96. The summed E-state index contributed by atoms with van der Waals surface area (Å²) < 4.78 is 1.68. The lowest BCUT2D eigenvalue weighted by molar-refractivity contribution is -0.115. The van der Waals surface area contributed by atoms with Crippen molar-refractivity contribution in [3.63, 3.8) is 0 Å². The monoisotopic (exact) mass is 429 g/mol. The van der Waals surface area contributed by atoms with Crippen LogP contribution in [-0.2, 0) is 4.79 Å². The summed E-state index contributed by atoms with van der Waals surface area (Å²) >= 11 is 1.33. The van der Waals surface area contributed by atoms with Crippen LogP contribution in [0.2, 0.25) is 0 Å². The summed E-state index contributed by atoms with van der Waals surface area (Å²) in [6, 6.07) is 23.9. The van der Waals surface area contributed by atoms with Crippen LogP contribution in [0.5, 0.6) is 0 Å². The fourth-order valence-corrected chi connectivity index (χ4v) is 4.15. The van der Waals surface area contributed by atoms with E-state index in [2.05, 4.69) is 26.9 Å². The van der Waals surface area contributed by atoms with Gasteiger partial charge in [0, 0.05) is 11.3 Å². The summed E-state index contributed by atoms with van der Waals surface area (Å²) in [6.07, 6.45) is 0. The molecule has 31 heavy (non-hydrogen) atoms. The van der Waals surface area contributed by atoms with Crippen molar-refractivity contribution < 1.29 is 4.79 Å². The SMILES string of the molecule is Cc1ccc(-n2nnnc2SC(C)C(=O)Nc2ccccc2-c2ccccc2)c(C)c1. The quantitative estimate of drug-likeness (QED) is 0.434. The van der Waals surface area contributed by atoms with E-state index in [1.807, 2.05) is 87.5 Å². The van der Waals surface area contributed by atoms with Crippen LogP contribution in [0.3, 0.4) is 0 Å². The molecule has 1 atom stereocenters. The molecule has 0 radical (unpaired) electrons. The van der Waals surface area contributed by atoms with Gasteiger partial charge in [0.15, 0.2) is 0 Å². The molecule has 1 aromatic heterocycles. The standard InChI is InChI=1S/C24H23N5OS/c1-16-13-14-22(17(2)15-16)29-24(26-27-28-29)31-18(3)23(30)25-21-12-8-7-11-20(21)19-9-5-4-6-10-19/h4-15,18H,1-3H3,(H,25,30). The number of para-hydroxylation sites is 1. The summed E-state index contributed by atoms with van der Waals surface area (Å²) in [5.74, 6) is -0.108. The minimum absolute atomic E-state index is 0.108. The van der Waals surface area contributed by atoms with Gasteiger partial charge in [0.05, 0.1) is 10.9 Å². The molecular weight excluding hydrogens is 406 g/mol. The first-order chi connectivity index (χ1) is 15.0. The maximum absolute atomic E-state index is 13.0. The lowest BCUT2D eigenvalue weighted by atomic mass is 10.0. The Morgan fingerprint density at radius 2 is 1.74 bits per heavy atom. The Bertz CT molecular complexity index is 1210. The highest BCUT2D eigenvalue weighted by Crippen LogP contribution is 2.29. The first kappa shape index (κ1) is 20.8. The molecule has 0 bridgehead atoms. The normalized spacial score (nSPS) is 11.8. The van der Waals surface area contributed by atoms with Crippen LogP contribution in [0.4, 0.5) is 5.69 Å². The van der Waals surface area contributed by atoms with Crippen molar-refractivity contribution in [2.24, 2.45) is 0 Å². The maximum Gasteiger partial charge on any atom is 0.237 e. The Morgan fingerprint density at radius 3 is 2.52 bits per heavy atom. The maximum atomic E-state index is 13.0. The number of hydrogen-bond donors (Lipinski definition) is 1. The first-order valence-corrected chi connectivity index (χ1v) is 10.9. The number of hydrogen-bond acceptors (Lipinski definition) is 5. The van der Waals surface area contributed by atoms with E-state index >= 15 is 0 Å². The lowest BCUT2D eigenvalue weighted by Gasteiger charge is -2.15. The molecule has 1 heterocycles. The Kier molecular flexibility index (Phi) is 6.13. The highest BCUT2D eigenvalue weighted by molar-refractivity contribution is 8.00. The number of aromatic nitrogens is 4. The molecule has 0 saturated carbocycles. The van der Waals surface area contributed by atoms with Gasteiger partial charge in [0.25, 0.3) is 0 Å². The van der Waals surface area contributed by atoms with Crippen molar-refractivity contribution in [3.8, 4) is 16.8 Å². The summed E-state index contributed by atoms with van der Waals surface area (Å²) in [6.45, 7) is 5.92. The van der Waals surface area contributed by atoms with Gasteiger partial charge in [-0.1, -0.05) is 78.0 Å². The van der Waals surface area contributed by atoms with E-state index < -0.39 is 0 Å². The highest BCUT2D eigenvalue weighted by atomic mass is 32.2. The van der Waals surface area contributed by atoms with E-state index in [1.165, 1.54) is 17.3 Å². The summed E-state index contributed by atoms with van der Waals surface area (Å²) in [4.78, 5) is 13.0. The minimum Gasteiger partial charge on any atom is -0.325 e. The number of tetrazole rings is 1. The molecule has 156 valence electrons. The number of benzene rings is 3. The molecule has 6 nitrogen and oxygen atoms in total. The van der Waals surface area contributed by atoms with Crippen LogP contribution < -0.4 is 5.32 Å². The Labute approximate surface area is 185 Å². The predicted molar refractivity (Wildman–Crippen MR) is 124 cm³/mol. The molecule has 7 heteroatoms. The number of thioether (sulfide) groups is 1. The van der Waals surface area contributed by atoms with E-state index in [0.717, 1.165) is 28.1 Å². The third kappa shape index (κ3) is 4.67. The Hall–Kier alpha value is -3.45. The predicted octanol–water partition coefficient (Wildman–Crippen LogP) is 5.07. The van der Waals surface area contributed by atoms with E-state index in [-0.39, 0.29) is 11.2 Å². The number of nitrogens with zero attached hydrogens (tertiary/aromatic N) is 4. The van der Waals surface area contributed by atoms with Gasteiger partial charge >= 0.3 is 0 Å². The fraction of sp³-hybridized carbons (Fsp3) is 0.167. The van der Waals surface area contributed by atoms with E-state index in [0.29, 0.717) is 5.16 Å². The van der Waals surface area contributed by atoms with Gasteiger partial charge < -0.3 is 5.32 Å². The smallest absolute Gasteiger partial charge is 0.237 e. The molecule has 0 aliphatic rings. The average Bonchev–Trinajstić information content (AvgIpc) is 3.22. The summed E-state index contributed by atoms with van der Waals surface area (Å²) in [5, 5.41) is 15.3. The number of aryl methyl sites for hydroxylation is 2. The molecule has 0 fully saturated rings. The van der Waals surface area contributed by atoms with Crippen molar-refractivity contribution >= 4 is 23.4 Å². The molecule has 4 aromatic rings. The average molecular weight is 430 g/mol. The van der Waals surface area contributed by atoms with Crippen molar-refractivity contribution in [2.45, 2.75) is 31.2 Å². The zero-order chi connectivity index (χ0) is 21.8. The Morgan fingerprint density at radius 1 is 1.00 bits per heavy atom. The van der Waals surface area contributed by atoms with Crippen molar-refractivity contribution in [1.29, 1.82) is 0 Å². The van der Waals surface area contributed by atoms with Crippen LogP contribution in [0.15, 0.2) is 78.0 Å². The van der Waals surface area contributed by atoms with Crippen molar-refractivity contribution in [2.75, 3.05) is 5.32 Å². The van der Waals surface area contributed by atoms with Crippen LogP contribution >= 0.6 is 11.8 Å². The molecule has 1 N–H and O–H groups in total. The molecule has 0 aliphatic carbocycles. The van der Waals surface area contributed by atoms with Crippen LogP contribution in [-0.4, -0.2) is 31.4 Å². The number of carbonyl (C=O) groups is 1. The first-order valence-electron chi connectivity index (χ1n) is 10.0. The second kappa shape index (κ2) is 9.14. The van der Waals surface area contributed by atoms with Gasteiger partial charge in [-0.25, -0.2) is 0 Å². The number of amides is 1. The number of anilines is 1. The van der Waals surface area contributed by atoms with Crippen LogP contribution in [0.25, 0.3) is 16.8 Å². The zero-order valence-corrected chi connectivity index (χ0v) is 18.4. The molecule has 0 spiro atoms. The third-order valence-electron chi connectivity index (χ3n) is 4.94. The number of carbonyl (C=O) groups excluding carboxylic acids is 1. The minimum atomic E-state index is -0.390. The van der Waals surface area contributed by atoms with Gasteiger partial charge in [0.2, 0.25) is 11.1 Å². The Balaban J connectivity index is 1.52. The second-order valence-corrected chi connectivity index (χ2v) is 8.63. The van der Waals surface area contributed by atoms with E-state index in [4.69, 9.17) is 0 Å². The van der Waals surface area contributed by atoms with Crippen molar-refractivity contribution in [1.82, 2.24) is 20.2 Å². The van der Waals surface area contributed by atoms with Gasteiger partial charge in [-0.15, -0.1) is 5.10 Å². The molecule has 0 saturated heterocycles. The largest absolute Gasteiger partial charge is 0.325 e. The molecular formula is C24H23N5OS. The molecule has 4 rings (SSSR count). The fourth-order valence-electron chi connectivity index (χ4n) is 3.35. The highest BCUT2D eigenvalue weighted by Gasteiger charge is 2.21. The lowest BCUT2D eigenvalue weighted by Crippen LogP contribution is -2.23. The molecule has 1 amide bonds. The number of nitrogens with one attached hydrogen (secondary N) is 1. The van der Waals surface area contributed by atoms with Crippen molar-refractivity contribution in [3.05, 3.63) is 83.9 Å². The second-order valence-electron chi connectivity index (χ2n) is 7.32. The van der Waals surface area contributed by atoms with E-state index in [9.17, 15) is 4.79 Å². The molecule has 3 aromatic carbocycles. The number of rotatable bonds is 6.